The third-order valence-electron chi connectivity index (χ3n) is 3.54. The highest BCUT2D eigenvalue weighted by Gasteiger charge is 2.34. The molecule has 1 heterocycles. The number of carboxylic acids is 1. The van der Waals surface area contributed by atoms with Crippen LogP contribution < -0.4 is 5.32 Å². The van der Waals surface area contributed by atoms with E-state index in [1.54, 1.807) is 0 Å². The second-order valence-corrected chi connectivity index (χ2v) is 5.13. The Morgan fingerprint density at radius 3 is 2.80 bits per heavy atom. The van der Waals surface area contributed by atoms with E-state index in [9.17, 15) is 9.59 Å². The summed E-state index contributed by atoms with van der Waals surface area (Å²) in [4.78, 5) is 22.7. The van der Waals surface area contributed by atoms with E-state index in [1.165, 1.54) is 6.20 Å². The SMILES string of the molecule is C=CCC1(NC(=O)c2cn(CC(=O)O)nn2)CCCC1. The van der Waals surface area contributed by atoms with Crippen LogP contribution in [0.1, 0.15) is 42.6 Å². The van der Waals surface area contributed by atoms with Crippen LogP contribution in [0.4, 0.5) is 0 Å². The molecule has 0 aliphatic heterocycles. The molecule has 0 spiro atoms. The maximum atomic E-state index is 12.2. The van der Waals surface area contributed by atoms with Gasteiger partial charge < -0.3 is 10.4 Å². The zero-order chi connectivity index (χ0) is 14.6. The quantitative estimate of drug-likeness (QED) is 0.756. The van der Waals surface area contributed by atoms with Crippen molar-refractivity contribution >= 4 is 11.9 Å². The molecule has 0 aromatic carbocycles. The summed E-state index contributed by atoms with van der Waals surface area (Å²) in [7, 11) is 0. The Kier molecular flexibility index (Phi) is 4.16. The Hall–Kier alpha value is -2.18. The minimum absolute atomic E-state index is 0.140. The van der Waals surface area contributed by atoms with Gasteiger partial charge in [0, 0.05) is 5.54 Å². The average Bonchev–Trinajstić information content (AvgIpc) is 2.99. The van der Waals surface area contributed by atoms with E-state index >= 15 is 0 Å². The number of hydrogen-bond acceptors (Lipinski definition) is 4. The first-order chi connectivity index (χ1) is 9.54. The molecule has 1 aliphatic carbocycles. The molecule has 1 aromatic rings. The third-order valence-corrected chi connectivity index (χ3v) is 3.54. The summed E-state index contributed by atoms with van der Waals surface area (Å²) < 4.78 is 1.13. The van der Waals surface area contributed by atoms with Crippen LogP contribution in [0.15, 0.2) is 18.9 Å². The Morgan fingerprint density at radius 2 is 2.20 bits per heavy atom. The first kappa shape index (κ1) is 14.2. The van der Waals surface area contributed by atoms with E-state index in [1.807, 2.05) is 6.08 Å². The van der Waals surface area contributed by atoms with E-state index < -0.39 is 5.97 Å². The fourth-order valence-corrected chi connectivity index (χ4v) is 2.63. The normalized spacial score (nSPS) is 16.8. The van der Waals surface area contributed by atoms with E-state index in [0.717, 1.165) is 36.8 Å². The number of hydrogen-bond donors (Lipinski definition) is 2. The number of carboxylic acid groups (broad SMARTS) is 1. The van der Waals surface area contributed by atoms with Gasteiger partial charge in [-0.25, -0.2) is 4.68 Å². The summed E-state index contributed by atoms with van der Waals surface area (Å²) >= 11 is 0. The highest BCUT2D eigenvalue weighted by atomic mass is 16.4. The van der Waals surface area contributed by atoms with Crippen molar-refractivity contribution < 1.29 is 14.7 Å². The number of nitrogens with zero attached hydrogens (tertiary/aromatic N) is 3. The minimum Gasteiger partial charge on any atom is -0.480 e. The van der Waals surface area contributed by atoms with E-state index in [-0.39, 0.29) is 23.7 Å². The summed E-state index contributed by atoms with van der Waals surface area (Å²) in [6, 6.07) is 0. The molecule has 1 aliphatic rings. The highest BCUT2D eigenvalue weighted by molar-refractivity contribution is 5.92. The number of rotatable bonds is 6. The Labute approximate surface area is 116 Å². The molecule has 108 valence electrons. The molecule has 1 amide bonds. The zero-order valence-electron chi connectivity index (χ0n) is 11.2. The maximum Gasteiger partial charge on any atom is 0.325 e. The van der Waals surface area contributed by atoms with Crippen molar-refractivity contribution in [2.24, 2.45) is 0 Å². The van der Waals surface area contributed by atoms with Crippen molar-refractivity contribution in [3.63, 3.8) is 0 Å². The minimum atomic E-state index is -1.03. The van der Waals surface area contributed by atoms with Crippen LogP contribution in [-0.4, -0.2) is 37.5 Å². The summed E-state index contributed by atoms with van der Waals surface area (Å²) in [5.41, 5.74) is -0.100. The molecule has 7 heteroatoms. The van der Waals surface area contributed by atoms with Crippen molar-refractivity contribution in [1.29, 1.82) is 0 Å². The number of carbonyl (C=O) groups is 2. The van der Waals surface area contributed by atoms with Crippen molar-refractivity contribution in [2.45, 2.75) is 44.2 Å². The zero-order valence-corrected chi connectivity index (χ0v) is 11.2. The lowest BCUT2D eigenvalue weighted by molar-refractivity contribution is -0.137. The fraction of sp³-hybridized carbons (Fsp3) is 0.538. The highest BCUT2D eigenvalue weighted by Crippen LogP contribution is 2.33. The number of aliphatic carboxylic acids is 1. The first-order valence-corrected chi connectivity index (χ1v) is 6.60. The van der Waals surface area contributed by atoms with Gasteiger partial charge >= 0.3 is 5.97 Å². The largest absolute Gasteiger partial charge is 0.480 e. The van der Waals surface area contributed by atoms with Crippen molar-refractivity contribution in [3.05, 3.63) is 24.5 Å². The molecule has 1 saturated carbocycles. The van der Waals surface area contributed by atoms with E-state index in [2.05, 4.69) is 22.2 Å². The Morgan fingerprint density at radius 1 is 1.50 bits per heavy atom. The van der Waals surface area contributed by atoms with Crippen LogP contribution in [-0.2, 0) is 11.3 Å². The van der Waals surface area contributed by atoms with Crippen LogP contribution in [0, 0.1) is 0 Å². The topological polar surface area (TPSA) is 97.1 Å². The average molecular weight is 278 g/mol. The van der Waals surface area contributed by atoms with Crippen LogP contribution in [0.5, 0.6) is 0 Å². The summed E-state index contributed by atoms with van der Waals surface area (Å²) in [6.07, 6.45) is 7.90. The Bertz CT molecular complexity index is 517. The standard InChI is InChI=1S/C13H18N4O3/c1-2-5-13(6-3-4-7-13)14-12(20)10-8-17(16-15-10)9-11(18)19/h2,8H,1,3-7,9H2,(H,14,20)(H,18,19). The van der Waals surface area contributed by atoms with Crippen LogP contribution in [0.25, 0.3) is 0 Å². The number of aromatic nitrogens is 3. The second-order valence-electron chi connectivity index (χ2n) is 5.13. The first-order valence-electron chi connectivity index (χ1n) is 6.60. The van der Waals surface area contributed by atoms with Gasteiger partial charge in [0.1, 0.15) is 6.54 Å². The van der Waals surface area contributed by atoms with Crippen LogP contribution in [0.3, 0.4) is 0 Å². The molecule has 7 nitrogen and oxygen atoms in total. The van der Waals surface area contributed by atoms with Gasteiger partial charge in [0.15, 0.2) is 5.69 Å². The molecule has 1 aromatic heterocycles. The molecule has 0 unspecified atom stereocenters. The molecule has 2 N–H and O–H groups in total. The predicted octanol–water partition coefficient (Wildman–Crippen LogP) is 0.981. The number of nitrogens with one attached hydrogen (secondary N) is 1. The maximum absolute atomic E-state index is 12.2. The van der Waals surface area contributed by atoms with Crippen molar-refractivity contribution in [3.8, 4) is 0 Å². The molecular weight excluding hydrogens is 260 g/mol. The van der Waals surface area contributed by atoms with Gasteiger partial charge in [-0.2, -0.15) is 0 Å². The number of carbonyl (C=O) groups excluding carboxylic acids is 1. The van der Waals surface area contributed by atoms with Gasteiger partial charge in [-0.1, -0.05) is 24.1 Å². The third kappa shape index (κ3) is 3.23. The molecule has 0 atom stereocenters. The van der Waals surface area contributed by atoms with Crippen molar-refractivity contribution in [2.75, 3.05) is 0 Å². The molecule has 0 saturated heterocycles. The van der Waals surface area contributed by atoms with Gasteiger partial charge in [-0.05, 0) is 19.3 Å². The van der Waals surface area contributed by atoms with Crippen LogP contribution >= 0.6 is 0 Å². The lowest BCUT2D eigenvalue weighted by atomic mass is 9.93. The van der Waals surface area contributed by atoms with Crippen LogP contribution in [0.2, 0.25) is 0 Å². The number of amides is 1. The molecule has 0 bridgehead atoms. The van der Waals surface area contributed by atoms with E-state index in [4.69, 9.17) is 5.11 Å². The molecule has 1 fully saturated rings. The summed E-state index contributed by atoms with van der Waals surface area (Å²) in [5.74, 6) is -1.34. The monoisotopic (exact) mass is 278 g/mol. The lowest BCUT2D eigenvalue weighted by Crippen LogP contribution is -2.46. The predicted molar refractivity (Wildman–Crippen MR) is 71.1 cm³/mol. The van der Waals surface area contributed by atoms with Gasteiger partial charge in [0.25, 0.3) is 5.91 Å². The molecule has 20 heavy (non-hydrogen) atoms. The molecule has 2 rings (SSSR count). The molecule has 0 radical (unpaired) electrons. The van der Waals surface area contributed by atoms with Gasteiger partial charge in [0.05, 0.1) is 6.20 Å². The van der Waals surface area contributed by atoms with Gasteiger partial charge in [-0.15, -0.1) is 11.7 Å². The lowest BCUT2D eigenvalue weighted by Gasteiger charge is -2.28. The summed E-state index contributed by atoms with van der Waals surface area (Å²) in [5, 5.41) is 19.0. The fourth-order valence-electron chi connectivity index (χ4n) is 2.63. The molecular formula is C13H18N4O3. The smallest absolute Gasteiger partial charge is 0.325 e. The van der Waals surface area contributed by atoms with E-state index in [0.29, 0.717) is 0 Å². The Balaban J connectivity index is 2.05. The van der Waals surface area contributed by atoms with Crippen molar-refractivity contribution in [1.82, 2.24) is 20.3 Å². The second kappa shape index (κ2) is 5.85. The summed E-state index contributed by atoms with van der Waals surface area (Å²) in [6.45, 7) is 3.43. The van der Waals surface area contributed by atoms with Gasteiger partial charge in [-0.3, -0.25) is 9.59 Å². The van der Waals surface area contributed by atoms with Gasteiger partial charge in [0.2, 0.25) is 0 Å².